The Bertz CT molecular complexity index is 370. The average molecular weight is 206 g/mol. The summed E-state index contributed by atoms with van der Waals surface area (Å²) in [5.74, 6) is -0.00106. The molecular weight excluding hydrogens is 196 g/mol. The van der Waals surface area contributed by atoms with Gasteiger partial charge in [-0.05, 0) is 31.3 Å². The van der Waals surface area contributed by atoms with Crippen molar-refractivity contribution >= 4 is 28.9 Å². The van der Waals surface area contributed by atoms with E-state index in [0.717, 1.165) is 5.69 Å². The molecule has 0 atom stereocenters. The molecule has 1 aromatic carbocycles. The highest BCUT2D eigenvalue weighted by atomic mass is 32.1. The monoisotopic (exact) mass is 206 g/mol. The fraction of sp³-hybridized carbons (Fsp3) is 0.200. The molecule has 3 nitrogen and oxygen atoms in total. The van der Waals surface area contributed by atoms with Crippen LogP contribution in [0.2, 0.25) is 0 Å². The van der Waals surface area contributed by atoms with E-state index in [0.29, 0.717) is 11.7 Å². The summed E-state index contributed by atoms with van der Waals surface area (Å²) in [5.41, 5.74) is 2.00. The fourth-order valence-electron chi connectivity index (χ4n) is 1.38. The highest BCUT2D eigenvalue weighted by molar-refractivity contribution is 7.80. The summed E-state index contributed by atoms with van der Waals surface area (Å²) in [6.07, 6.45) is 0. The maximum atomic E-state index is 11.4. The second-order valence-corrected chi connectivity index (χ2v) is 3.61. The lowest BCUT2D eigenvalue weighted by Crippen LogP contribution is -2.30. The van der Waals surface area contributed by atoms with Crippen LogP contribution < -0.4 is 10.2 Å². The molecule has 0 aromatic heterocycles. The van der Waals surface area contributed by atoms with Crippen molar-refractivity contribution < 1.29 is 4.79 Å². The lowest BCUT2D eigenvalue weighted by atomic mass is 10.2. The zero-order chi connectivity index (χ0) is 10.1. The molecule has 0 radical (unpaired) electrons. The van der Waals surface area contributed by atoms with E-state index < -0.39 is 0 Å². The zero-order valence-corrected chi connectivity index (χ0v) is 8.60. The first-order chi connectivity index (χ1) is 6.68. The van der Waals surface area contributed by atoms with Gasteiger partial charge in [0.25, 0.3) is 5.91 Å². The number of carbonyl (C=O) groups excluding carboxylic acids is 1. The second kappa shape index (κ2) is 3.38. The van der Waals surface area contributed by atoms with Crippen LogP contribution in [0.4, 0.5) is 5.69 Å². The molecule has 1 saturated heterocycles. The summed E-state index contributed by atoms with van der Waals surface area (Å²) in [4.78, 5) is 13.0. The number of nitrogens with zero attached hydrogens (tertiary/aromatic N) is 1. The molecule has 0 aliphatic carbocycles. The maximum absolute atomic E-state index is 11.4. The highest BCUT2D eigenvalue weighted by Crippen LogP contribution is 2.17. The van der Waals surface area contributed by atoms with Gasteiger partial charge < -0.3 is 5.32 Å². The number of rotatable bonds is 1. The first-order valence-corrected chi connectivity index (χ1v) is 4.77. The Hall–Kier alpha value is -1.42. The van der Waals surface area contributed by atoms with Crippen LogP contribution in [-0.2, 0) is 4.79 Å². The van der Waals surface area contributed by atoms with Crippen LogP contribution in [0.25, 0.3) is 0 Å². The molecule has 1 fully saturated rings. The van der Waals surface area contributed by atoms with Gasteiger partial charge >= 0.3 is 0 Å². The first kappa shape index (κ1) is 9.15. The second-order valence-electron chi connectivity index (χ2n) is 3.22. The molecular formula is C10H10N2OS. The minimum absolute atomic E-state index is 0.00106. The van der Waals surface area contributed by atoms with Crippen LogP contribution in [0, 0.1) is 6.92 Å². The number of amides is 1. The third-order valence-corrected chi connectivity index (χ3v) is 2.46. The molecule has 0 spiro atoms. The average Bonchev–Trinajstić information content (AvgIpc) is 2.49. The van der Waals surface area contributed by atoms with Gasteiger partial charge in [-0.3, -0.25) is 9.69 Å². The topological polar surface area (TPSA) is 32.3 Å². The van der Waals surface area contributed by atoms with Gasteiger partial charge in [0.15, 0.2) is 5.11 Å². The van der Waals surface area contributed by atoms with Crippen molar-refractivity contribution in [3.05, 3.63) is 29.8 Å². The third kappa shape index (κ3) is 1.48. The van der Waals surface area contributed by atoms with Crippen LogP contribution in [0.3, 0.4) is 0 Å². The van der Waals surface area contributed by atoms with Crippen LogP contribution >= 0.6 is 12.2 Å². The molecule has 2 rings (SSSR count). The number of benzene rings is 1. The smallest absolute Gasteiger partial charge is 0.252 e. The van der Waals surface area contributed by atoms with Crippen molar-refractivity contribution in [3.63, 3.8) is 0 Å². The van der Waals surface area contributed by atoms with Gasteiger partial charge in [-0.15, -0.1) is 0 Å². The number of nitrogens with one attached hydrogen (secondary N) is 1. The third-order valence-electron chi connectivity index (χ3n) is 2.14. The van der Waals surface area contributed by atoms with E-state index in [4.69, 9.17) is 12.2 Å². The van der Waals surface area contributed by atoms with Gasteiger partial charge in [0, 0.05) is 0 Å². The summed E-state index contributed by atoms with van der Waals surface area (Å²) >= 11 is 5.03. The molecule has 1 aromatic rings. The number of aryl methyl sites for hydroxylation is 1. The number of thiocarbonyl (C=S) groups is 1. The molecule has 1 amide bonds. The Balaban J connectivity index is 2.34. The molecule has 1 aliphatic heterocycles. The molecule has 1 N–H and O–H groups in total. The number of carbonyl (C=O) groups is 1. The molecule has 0 bridgehead atoms. The maximum Gasteiger partial charge on any atom is 0.252 e. The Morgan fingerprint density at radius 1 is 1.36 bits per heavy atom. The Kier molecular flexibility index (Phi) is 2.21. The quantitative estimate of drug-likeness (QED) is 0.701. The minimum Gasteiger partial charge on any atom is -0.353 e. The molecule has 0 saturated carbocycles. The molecule has 1 heterocycles. The predicted octanol–water partition coefficient (Wildman–Crippen LogP) is 1.22. The Labute approximate surface area is 87.7 Å². The standard InChI is InChI=1S/C10H10N2OS/c1-7-2-4-8(5-3-7)12-9(13)6-11-10(12)14/h2-5H,6H2,1H3,(H,11,14). The Morgan fingerprint density at radius 2 is 2.00 bits per heavy atom. The summed E-state index contributed by atoms with van der Waals surface area (Å²) in [5, 5.41) is 3.33. The van der Waals surface area contributed by atoms with E-state index in [-0.39, 0.29) is 5.91 Å². The number of anilines is 1. The van der Waals surface area contributed by atoms with E-state index in [1.807, 2.05) is 31.2 Å². The van der Waals surface area contributed by atoms with E-state index in [2.05, 4.69) is 5.32 Å². The SMILES string of the molecule is Cc1ccc(N2C(=O)CNC2=S)cc1. The van der Waals surface area contributed by atoms with Crippen LogP contribution in [0.5, 0.6) is 0 Å². The molecule has 72 valence electrons. The molecule has 14 heavy (non-hydrogen) atoms. The van der Waals surface area contributed by atoms with Crippen molar-refractivity contribution in [1.82, 2.24) is 5.32 Å². The van der Waals surface area contributed by atoms with Gasteiger partial charge in [-0.2, -0.15) is 0 Å². The summed E-state index contributed by atoms with van der Waals surface area (Å²) < 4.78 is 0. The lowest BCUT2D eigenvalue weighted by molar-refractivity contribution is -0.115. The van der Waals surface area contributed by atoms with Crippen molar-refractivity contribution in [2.24, 2.45) is 0 Å². The molecule has 4 heteroatoms. The van der Waals surface area contributed by atoms with Crippen molar-refractivity contribution in [1.29, 1.82) is 0 Å². The summed E-state index contributed by atoms with van der Waals surface area (Å²) in [7, 11) is 0. The van der Waals surface area contributed by atoms with Crippen molar-refractivity contribution in [2.75, 3.05) is 11.4 Å². The molecule has 1 aliphatic rings. The van der Waals surface area contributed by atoms with Gasteiger partial charge in [-0.1, -0.05) is 17.7 Å². The minimum atomic E-state index is -0.00106. The van der Waals surface area contributed by atoms with Gasteiger partial charge in [0.05, 0.1) is 12.2 Å². The van der Waals surface area contributed by atoms with Crippen LogP contribution in [0.15, 0.2) is 24.3 Å². The fourth-order valence-corrected chi connectivity index (χ4v) is 1.66. The largest absolute Gasteiger partial charge is 0.353 e. The van der Waals surface area contributed by atoms with Gasteiger partial charge in [0.1, 0.15) is 0 Å². The van der Waals surface area contributed by atoms with E-state index >= 15 is 0 Å². The van der Waals surface area contributed by atoms with Crippen molar-refractivity contribution in [2.45, 2.75) is 6.92 Å². The van der Waals surface area contributed by atoms with E-state index in [9.17, 15) is 4.79 Å². The van der Waals surface area contributed by atoms with E-state index in [1.165, 1.54) is 10.5 Å². The first-order valence-electron chi connectivity index (χ1n) is 4.36. The molecule has 0 unspecified atom stereocenters. The number of hydrogen-bond acceptors (Lipinski definition) is 2. The number of hydrogen-bond donors (Lipinski definition) is 1. The predicted molar refractivity (Wildman–Crippen MR) is 59.3 cm³/mol. The zero-order valence-electron chi connectivity index (χ0n) is 7.78. The Morgan fingerprint density at radius 3 is 2.50 bits per heavy atom. The summed E-state index contributed by atoms with van der Waals surface area (Å²) in [6, 6.07) is 7.71. The summed E-state index contributed by atoms with van der Waals surface area (Å²) in [6.45, 7) is 2.30. The van der Waals surface area contributed by atoms with E-state index in [1.54, 1.807) is 0 Å². The van der Waals surface area contributed by atoms with Crippen molar-refractivity contribution in [3.8, 4) is 0 Å². The van der Waals surface area contributed by atoms with Crippen LogP contribution in [0.1, 0.15) is 5.56 Å². The van der Waals surface area contributed by atoms with Crippen LogP contribution in [-0.4, -0.2) is 17.6 Å². The van der Waals surface area contributed by atoms with Gasteiger partial charge in [0.2, 0.25) is 0 Å². The lowest BCUT2D eigenvalue weighted by Gasteiger charge is -2.14. The van der Waals surface area contributed by atoms with Gasteiger partial charge in [-0.25, -0.2) is 0 Å². The highest BCUT2D eigenvalue weighted by Gasteiger charge is 2.26. The normalized spacial score (nSPS) is 15.9.